The summed E-state index contributed by atoms with van der Waals surface area (Å²) in [4.78, 5) is 24.8. The Bertz CT molecular complexity index is 337. The Kier molecular flexibility index (Phi) is 3.75. The first-order chi connectivity index (χ1) is 8.59. The van der Waals surface area contributed by atoms with Crippen molar-refractivity contribution in [3.63, 3.8) is 0 Å². The van der Waals surface area contributed by atoms with Crippen LogP contribution in [0.5, 0.6) is 0 Å². The number of nitrogens with zero attached hydrogens (tertiary/aromatic N) is 1. The van der Waals surface area contributed by atoms with Gasteiger partial charge < -0.3 is 20.4 Å². The maximum atomic E-state index is 12.1. The van der Waals surface area contributed by atoms with Gasteiger partial charge in [-0.25, -0.2) is 9.59 Å². The molecule has 2 aliphatic carbocycles. The van der Waals surface area contributed by atoms with E-state index in [1.54, 1.807) is 4.90 Å². The minimum Gasteiger partial charge on any atom is -0.480 e. The number of aliphatic hydroxyl groups excluding tert-OH is 1. The number of amides is 2. The van der Waals surface area contributed by atoms with Crippen molar-refractivity contribution in [3.8, 4) is 0 Å². The quantitative estimate of drug-likeness (QED) is 0.647. The summed E-state index contributed by atoms with van der Waals surface area (Å²) in [6, 6.07) is -0.0887. The molecule has 0 atom stereocenters. The number of aliphatic carboxylic acids is 1. The number of rotatable bonds is 6. The molecule has 0 saturated heterocycles. The van der Waals surface area contributed by atoms with E-state index in [2.05, 4.69) is 5.32 Å². The van der Waals surface area contributed by atoms with E-state index in [0.29, 0.717) is 25.8 Å². The standard InChI is InChI=1S/C12H20N2O4/c15-8-2-7-14(9-3-1-4-9)11(18)13-12(5-6-12)10(16)17/h9,15H,1-8H2,(H,13,18)(H,16,17). The van der Waals surface area contributed by atoms with E-state index in [1.165, 1.54) is 0 Å². The summed E-state index contributed by atoms with van der Waals surface area (Å²) >= 11 is 0. The lowest BCUT2D eigenvalue weighted by molar-refractivity contribution is -0.140. The Morgan fingerprint density at radius 1 is 1.33 bits per heavy atom. The van der Waals surface area contributed by atoms with E-state index in [1.807, 2.05) is 0 Å². The summed E-state index contributed by atoms with van der Waals surface area (Å²) < 4.78 is 0. The van der Waals surface area contributed by atoms with E-state index < -0.39 is 11.5 Å². The molecule has 2 fully saturated rings. The van der Waals surface area contributed by atoms with Crippen LogP contribution < -0.4 is 5.32 Å². The van der Waals surface area contributed by atoms with Crippen molar-refractivity contribution >= 4 is 12.0 Å². The first kappa shape index (κ1) is 13.1. The van der Waals surface area contributed by atoms with Gasteiger partial charge in [0.1, 0.15) is 5.54 Å². The molecule has 6 heteroatoms. The molecule has 6 nitrogen and oxygen atoms in total. The lowest BCUT2D eigenvalue weighted by Gasteiger charge is -2.38. The first-order valence-corrected chi connectivity index (χ1v) is 6.52. The zero-order valence-corrected chi connectivity index (χ0v) is 10.4. The third-order valence-corrected chi connectivity index (χ3v) is 3.84. The molecule has 0 heterocycles. The molecule has 102 valence electrons. The van der Waals surface area contributed by atoms with Gasteiger partial charge in [0.25, 0.3) is 0 Å². The zero-order valence-electron chi connectivity index (χ0n) is 10.4. The molecule has 3 N–H and O–H groups in total. The Labute approximate surface area is 106 Å². The molecule has 0 spiro atoms. The average Bonchev–Trinajstić information content (AvgIpc) is 3.02. The lowest BCUT2D eigenvalue weighted by Crippen LogP contribution is -2.54. The van der Waals surface area contributed by atoms with Crippen molar-refractivity contribution in [1.29, 1.82) is 0 Å². The molecule has 2 rings (SSSR count). The summed E-state index contributed by atoms with van der Waals surface area (Å²) in [6.07, 6.45) is 4.60. The van der Waals surface area contributed by atoms with Gasteiger partial charge >= 0.3 is 12.0 Å². The SMILES string of the molecule is O=C(NC1(C(=O)O)CC1)N(CCCO)C1CCC1. The molecule has 2 saturated carbocycles. The smallest absolute Gasteiger partial charge is 0.329 e. The summed E-state index contributed by atoms with van der Waals surface area (Å²) in [5.74, 6) is -0.952. The van der Waals surface area contributed by atoms with Crippen LogP contribution in [0.1, 0.15) is 38.5 Å². The summed E-state index contributed by atoms with van der Waals surface area (Å²) in [7, 11) is 0. The number of hydrogen-bond acceptors (Lipinski definition) is 3. The van der Waals surface area contributed by atoms with Crippen molar-refractivity contribution in [2.24, 2.45) is 0 Å². The van der Waals surface area contributed by atoms with Crippen molar-refractivity contribution in [2.75, 3.05) is 13.2 Å². The van der Waals surface area contributed by atoms with Crippen LogP contribution in [0.15, 0.2) is 0 Å². The molecule has 0 bridgehead atoms. The van der Waals surface area contributed by atoms with Crippen LogP contribution in [-0.2, 0) is 4.79 Å². The maximum absolute atomic E-state index is 12.1. The number of nitrogens with one attached hydrogen (secondary N) is 1. The number of carbonyl (C=O) groups excluding carboxylic acids is 1. The van der Waals surface area contributed by atoms with Gasteiger partial charge in [0.2, 0.25) is 0 Å². The maximum Gasteiger partial charge on any atom is 0.329 e. The van der Waals surface area contributed by atoms with Crippen LogP contribution in [0.2, 0.25) is 0 Å². The Morgan fingerprint density at radius 3 is 2.39 bits per heavy atom. The van der Waals surface area contributed by atoms with Crippen molar-refractivity contribution in [3.05, 3.63) is 0 Å². The second kappa shape index (κ2) is 5.14. The van der Waals surface area contributed by atoms with Gasteiger partial charge in [-0.3, -0.25) is 0 Å². The Hall–Kier alpha value is -1.30. The zero-order chi connectivity index (χ0) is 13.2. The van der Waals surface area contributed by atoms with Gasteiger partial charge in [-0.05, 0) is 38.5 Å². The highest BCUT2D eigenvalue weighted by Crippen LogP contribution is 2.36. The fourth-order valence-electron chi connectivity index (χ4n) is 2.18. The van der Waals surface area contributed by atoms with E-state index in [4.69, 9.17) is 10.2 Å². The van der Waals surface area contributed by atoms with Crippen molar-refractivity contribution < 1.29 is 19.8 Å². The number of hydrogen-bond donors (Lipinski definition) is 3. The highest BCUT2D eigenvalue weighted by molar-refractivity contribution is 5.89. The van der Waals surface area contributed by atoms with Gasteiger partial charge in [0.15, 0.2) is 0 Å². The molecule has 0 aromatic rings. The van der Waals surface area contributed by atoms with Crippen LogP contribution >= 0.6 is 0 Å². The highest BCUT2D eigenvalue weighted by atomic mass is 16.4. The van der Waals surface area contributed by atoms with Crippen LogP contribution in [0, 0.1) is 0 Å². The summed E-state index contributed by atoms with van der Waals surface area (Å²) in [5, 5.41) is 20.5. The van der Waals surface area contributed by atoms with Crippen LogP contribution in [0.3, 0.4) is 0 Å². The molecule has 2 aliphatic rings. The van der Waals surface area contributed by atoms with E-state index in [0.717, 1.165) is 19.3 Å². The number of urea groups is 1. The Balaban J connectivity index is 1.92. The minimum atomic E-state index is -1.03. The van der Waals surface area contributed by atoms with Crippen molar-refractivity contribution in [2.45, 2.75) is 50.1 Å². The number of carboxylic acids is 1. The van der Waals surface area contributed by atoms with Gasteiger partial charge in [0, 0.05) is 19.2 Å². The van der Waals surface area contributed by atoms with E-state index in [9.17, 15) is 9.59 Å². The number of carboxylic acid groups (broad SMARTS) is 1. The molecular weight excluding hydrogens is 236 g/mol. The van der Waals surface area contributed by atoms with Gasteiger partial charge in [-0.2, -0.15) is 0 Å². The largest absolute Gasteiger partial charge is 0.480 e. The molecule has 2 amide bonds. The molecule has 0 aromatic heterocycles. The normalized spacial score (nSPS) is 20.9. The fraction of sp³-hybridized carbons (Fsp3) is 0.833. The topological polar surface area (TPSA) is 89.9 Å². The highest BCUT2D eigenvalue weighted by Gasteiger charge is 2.52. The van der Waals surface area contributed by atoms with Gasteiger partial charge in [-0.1, -0.05) is 0 Å². The summed E-state index contributed by atoms with van der Waals surface area (Å²) in [6.45, 7) is 0.531. The molecule has 0 aliphatic heterocycles. The molecule has 0 radical (unpaired) electrons. The number of carbonyl (C=O) groups is 2. The molecule has 0 aromatic carbocycles. The van der Waals surface area contributed by atoms with Crippen molar-refractivity contribution in [1.82, 2.24) is 10.2 Å². The molecule has 18 heavy (non-hydrogen) atoms. The van der Waals surface area contributed by atoms with E-state index in [-0.39, 0.29) is 18.7 Å². The average molecular weight is 256 g/mol. The monoisotopic (exact) mass is 256 g/mol. The number of aliphatic hydroxyl groups is 1. The summed E-state index contributed by atoms with van der Waals surface area (Å²) in [5.41, 5.74) is -1.03. The lowest BCUT2D eigenvalue weighted by atomic mass is 9.91. The van der Waals surface area contributed by atoms with Crippen LogP contribution in [-0.4, -0.2) is 51.8 Å². The minimum absolute atomic E-state index is 0.0422. The predicted molar refractivity (Wildman–Crippen MR) is 64.2 cm³/mol. The van der Waals surface area contributed by atoms with Gasteiger partial charge in [0.05, 0.1) is 0 Å². The predicted octanol–water partition coefficient (Wildman–Crippen LogP) is 0.550. The Morgan fingerprint density at radius 2 is 2.00 bits per heavy atom. The van der Waals surface area contributed by atoms with E-state index >= 15 is 0 Å². The molecular formula is C12H20N2O4. The fourth-order valence-corrected chi connectivity index (χ4v) is 2.18. The first-order valence-electron chi connectivity index (χ1n) is 6.52. The van der Waals surface area contributed by atoms with Crippen LogP contribution in [0.4, 0.5) is 4.79 Å². The second-order valence-electron chi connectivity index (χ2n) is 5.17. The second-order valence-corrected chi connectivity index (χ2v) is 5.17. The van der Waals surface area contributed by atoms with Crippen LogP contribution in [0.25, 0.3) is 0 Å². The third-order valence-electron chi connectivity index (χ3n) is 3.84. The third kappa shape index (κ3) is 2.58. The van der Waals surface area contributed by atoms with Gasteiger partial charge in [-0.15, -0.1) is 0 Å². The molecule has 0 unspecified atom stereocenters.